The van der Waals surface area contributed by atoms with E-state index >= 15 is 0 Å². The second-order valence-electron chi connectivity index (χ2n) is 4.56. The van der Waals surface area contributed by atoms with Crippen molar-refractivity contribution in [2.24, 2.45) is 0 Å². The molecule has 1 aromatic carbocycles. The van der Waals surface area contributed by atoms with E-state index in [1.165, 1.54) is 11.1 Å². The lowest BCUT2D eigenvalue weighted by Gasteiger charge is -2.33. The lowest BCUT2D eigenvalue weighted by molar-refractivity contribution is 0.471. The van der Waals surface area contributed by atoms with Crippen LogP contribution in [0.25, 0.3) is 0 Å². The quantitative estimate of drug-likeness (QED) is 0.458. The van der Waals surface area contributed by atoms with Gasteiger partial charge in [0, 0.05) is 5.41 Å². The molecule has 0 spiro atoms. The van der Waals surface area contributed by atoms with Crippen LogP contribution in [0.3, 0.4) is 0 Å². The number of aliphatic hydroxyl groups is 1. The largest absolute Gasteiger partial charge is 0.516 e. The minimum Gasteiger partial charge on any atom is -0.516 e. The maximum Gasteiger partial charge on any atom is 0.0794 e. The maximum atomic E-state index is 8.93. The molecule has 0 aromatic heterocycles. The van der Waals surface area contributed by atoms with Crippen LogP contribution in [-0.4, -0.2) is 5.11 Å². The van der Waals surface area contributed by atoms with E-state index in [0.717, 1.165) is 17.4 Å². The third-order valence-corrected chi connectivity index (χ3v) is 3.46. The van der Waals surface area contributed by atoms with Gasteiger partial charge in [-0.25, -0.2) is 0 Å². The van der Waals surface area contributed by atoms with Gasteiger partial charge in [-0.1, -0.05) is 43.0 Å². The summed E-state index contributed by atoms with van der Waals surface area (Å²) in [5.74, 6) is 0. The number of benzene rings is 1. The third kappa shape index (κ3) is 2.33. The first-order chi connectivity index (χ1) is 7.94. The molecule has 0 radical (unpaired) electrons. The van der Waals surface area contributed by atoms with E-state index in [0.29, 0.717) is 0 Å². The molecule has 1 nitrogen and oxygen atoms in total. The molecule has 1 atom stereocenters. The second-order valence-corrected chi connectivity index (χ2v) is 4.56. The Morgan fingerprint density at radius 1 is 1.29 bits per heavy atom. The number of aryl methyl sites for hydroxylation is 1. The van der Waals surface area contributed by atoms with Crippen molar-refractivity contribution in [1.29, 1.82) is 0 Å². The van der Waals surface area contributed by atoms with Gasteiger partial charge < -0.3 is 5.11 Å². The zero-order valence-electron chi connectivity index (χ0n) is 10.8. The Bertz CT molecular complexity index is 468. The van der Waals surface area contributed by atoms with Crippen molar-refractivity contribution in [2.45, 2.75) is 26.2 Å². The van der Waals surface area contributed by atoms with Crippen LogP contribution in [0.4, 0.5) is 0 Å². The highest BCUT2D eigenvalue weighted by Gasteiger charge is 2.30. The van der Waals surface area contributed by atoms with Crippen molar-refractivity contribution in [2.75, 3.05) is 0 Å². The van der Waals surface area contributed by atoms with Crippen molar-refractivity contribution < 1.29 is 5.11 Å². The first-order valence-electron chi connectivity index (χ1n) is 5.66. The van der Waals surface area contributed by atoms with Gasteiger partial charge in [0.2, 0.25) is 0 Å². The highest BCUT2D eigenvalue weighted by atomic mass is 16.2. The summed E-state index contributed by atoms with van der Waals surface area (Å²) in [4.78, 5) is 0. The highest BCUT2D eigenvalue weighted by molar-refractivity contribution is 5.50. The van der Waals surface area contributed by atoms with Crippen molar-refractivity contribution >= 4 is 0 Å². The van der Waals surface area contributed by atoms with Gasteiger partial charge in [-0.15, -0.1) is 0 Å². The summed E-state index contributed by atoms with van der Waals surface area (Å²) in [5.41, 5.74) is 3.88. The van der Waals surface area contributed by atoms with E-state index in [9.17, 15) is 0 Å². The van der Waals surface area contributed by atoms with Crippen LogP contribution in [0.15, 0.2) is 60.9 Å². The van der Waals surface area contributed by atoms with Crippen LogP contribution in [0.1, 0.15) is 25.0 Å². The van der Waals surface area contributed by atoms with E-state index < -0.39 is 0 Å². The minimum atomic E-state index is -0.343. The molecule has 1 N–H and O–H groups in total. The zero-order chi connectivity index (χ0) is 13.1. The Balaban J connectivity index is 3.41. The summed E-state index contributed by atoms with van der Waals surface area (Å²) < 4.78 is 0. The first-order valence-corrected chi connectivity index (χ1v) is 5.66. The standard InChI is InChI=1S/C16H20O/c1-12(2)16(5,14(4)10-11-17)15-9-7-6-8-13(15)3/h6-11,17H,1,4H2,2-3,5H3/b11-10+. The van der Waals surface area contributed by atoms with Crippen molar-refractivity contribution in [3.63, 3.8) is 0 Å². The molecule has 0 amide bonds. The van der Waals surface area contributed by atoms with Crippen LogP contribution in [0.5, 0.6) is 0 Å². The molecule has 0 fully saturated rings. The predicted molar refractivity (Wildman–Crippen MR) is 74.3 cm³/mol. The van der Waals surface area contributed by atoms with Gasteiger partial charge in [-0.05, 0) is 43.5 Å². The van der Waals surface area contributed by atoms with Crippen LogP contribution >= 0.6 is 0 Å². The van der Waals surface area contributed by atoms with E-state index in [4.69, 9.17) is 5.11 Å². The minimum absolute atomic E-state index is 0.343. The zero-order valence-corrected chi connectivity index (χ0v) is 10.8. The molecule has 1 rings (SSSR count). The Hall–Kier alpha value is -1.76. The number of hydrogen-bond acceptors (Lipinski definition) is 1. The second kappa shape index (κ2) is 5.05. The molecule has 17 heavy (non-hydrogen) atoms. The number of allylic oxidation sites excluding steroid dienone is 3. The molecule has 0 heterocycles. The summed E-state index contributed by atoms with van der Waals surface area (Å²) in [6.07, 6.45) is 2.66. The average Bonchev–Trinajstić information content (AvgIpc) is 2.28. The van der Waals surface area contributed by atoms with Gasteiger partial charge in [0.1, 0.15) is 0 Å². The molecule has 1 unspecified atom stereocenters. The lowest BCUT2D eigenvalue weighted by Crippen LogP contribution is -2.25. The van der Waals surface area contributed by atoms with Crippen molar-refractivity contribution in [3.8, 4) is 0 Å². The van der Waals surface area contributed by atoms with Gasteiger partial charge in [-0.2, -0.15) is 0 Å². The van der Waals surface area contributed by atoms with E-state index in [1.54, 1.807) is 6.08 Å². The van der Waals surface area contributed by atoms with E-state index in [-0.39, 0.29) is 5.41 Å². The number of aliphatic hydroxyl groups excluding tert-OH is 1. The summed E-state index contributed by atoms with van der Waals surface area (Å²) in [5, 5.41) is 8.93. The molecule has 0 aliphatic heterocycles. The van der Waals surface area contributed by atoms with E-state index in [2.05, 4.69) is 39.1 Å². The topological polar surface area (TPSA) is 20.2 Å². The molecule has 0 bridgehead atoms. The maximum absolute atomic E-state index is 8.93. The molecule has 0 aliphatic carbocycles. The van der Waals surface area contributed by atoms with Crippen LogP contribution in [-0.2, 0) is 5.41 Å². The molecule has 1 heteroatoms. The molecular formula is C16H20O. The van der Waals surface area contributed by atoms with Crippen LogP contribution in [0, 0.1) is 6.92 Å². The van der Waals surface area contributed by atoms with E-state index in [1.807, 2.05) is 19.1 Å². The molecular weight excluding hydrogens is 208 g/mol. The summed E-state index contributed by atoms with van der Waals surface area (Å²) >= 11 is 0. The van der Waals surface area contributed by atoms with Crippen molar-refractivity contribution in [1.82, 2.24) is 0 Å². The summed E-state index contributed by atoms with van der Waals surface area (Å²) in [6, 6.07) is 8.19. The van der Waals surface area contributed by atoms with Crippen LogP contribution in [0.2, 0.25) is 0 Å². The lowest BCUT2D eigenvalue weighted by atomic mass is 9.70. The van der Waals surface area contributed by atoms with Gasteiger partial charge in [0.15, 0.2) is 0 Å². The number of hydrogen-bond donors (Lipinski definition) is 1. The molecule has 90 valence electrons. The molecule has 1 aromatic rings. The fraction of sp³-hybridized carbons (Fsp3) is 0.250. The fourth-order valence-electron chi connectivity index (χ4n) is 2.07. The SMILES string of the molecule is C=C(C)C(C)(C(=C)/C=C/O)c1ccccc1C. The molecule has 0 saturated heterocycles. The Labute approximate surface area is 104 Å². The third-order valence-electron chi connectivity index (χ3n) is 3.46. The normalized spacial score (nSPS) is 14.5. The highest BCUT2D eigenvalue weighted by Crippen LogP contribution is 2.39. The van der Waals surface area contributed by atoms with Gasteiger partial charge in [0.05, 0.1) is 6.26 Å². The monoisotopic (exact) mass is 228 g/mol. The van der Waals surface area contributed by atoms with Gasteiger partial charge >= 0.3 is 0 Å². The van der Waals surface area contributed by atoms with Gasteiger partial charge in [0.25, 0.3) is 0 Å². The first kappa shape index (κ1) is 13.3. The molecule has 0 aliphatic rings. The predicted octanol–water partition coefficient (Wildman–Crippen LogP) is 4.46. The Morgan fingerprint density at radius 2 is 1.88 bits per heavy atom. The average molecular weight is 228 g/mol. The summed E-state index contributed by atoms with van der Waals surface area (Å²) in [7, 11) is 0. The smallest absolute Gasteiger partial charge is 0.0794 e. The Kier molecular flexibility index (Phi) is 3.95. The molecule has 0 saturated carbocycles. The van der Waals surface area contributed by atoms with Crippen molar-refractivity contribution in [3.05, 3.63) is 72.0 Å². The fourth-order valence-corrected chi connectivity index (χ4v) is 2.07. The summed E-state index contributed by atoms with van der Waals surface area (Å²) in [6.45, 7) is 14.3. The van der Waals surface area contributed by atoms with Gasteiger partial charge in [-0.3, -0.25) is 0 Å². The van der Waals surface area contributed by atoms with Crippen LogP contribution < -0.4 is 0 Å². The Morgan fingerprint density at radius 3 is 2.35 bits per heavy atom. The number of rotatable bonds is 4.